The number of likely N-dealkylation sites (tertiary alicyclic amines) is 1. The molecule has 0 aromatic rings. The smallest absolute Gasteiger partial charge is 0.222 e. The Balaban J connectivity index is 1.75. The third-order valence-electron chi connectivity index (χ3n) is 4.39. The molecule has 1 amide bonds. The SMILES string of the molecule is CC(N)CCCC(=O)N1CCC2(CCOCC2)C1. The van der Waals surface area contributed by atoms with Crippen LogP contribution in [0, 0.1) is 5.41 Å². The minimum absolute atomic E-state index is 0.207. The fourth-order valence-corrected chi connectivity index (χ4v) is 3.09. The van der Waals surface area contributed by atoms with Crippen LogP contribution in [0.2, 0.25) is 0 Å². The van der Waals surface area contributed by atoms with Crippen LogP contribution in [0.1, 0.15) is 45.4 Å². The summed E-state index contributed by atoms with van der Waals surface area (Å²) in [7, 11) is 0. The Morgan fingerprint density at radius 1 is 1.39 bits per heavy atom. The number of ether oxygens (including phenoxy) is 1. The van der Waals surface area contributed by atoms with Crippen molar-refractivity contribution in [1.82, 2.24) is 4.90 Å². The molecule has 2 saturated heterocycles. The highest BCUT2D eigenvalue weighted by molar-refractivity contribution is 5.76. The monoisotopic (exact) mass is 254 g/mol. The van der Waals surface area contributed by atoms with Crippen molar-refractivity contribution >= 4 is 5.91 Å². The third-order valence-corrected chi connectivity index (χ3v) is 4.39. The summed E-state index contributed by atoms with van der Waals surface area (Å²) in [4.78, 5) is 14.2. The van der Waals surface area contributed by atoms with Gasteiger partial charge in [-0.05, 0) is 44.4 Å². The molecular weight excluding hydrogens is 228 g/mol. The van der Waals surface area contributed by atoms with Crippen LogP contribution in [-0.2, 0) is 9.53 Å². The molecule has 2 fully saturated rings. The van der Waals surface area contributed by atoms with Crippen LogP contribution < -0.4 is 5.73 Å². The second-order valence-electron chi connectivity index (χ2n) is 6.05. The van der Waals surface area contributed by atoms with Gasteiger partial charge in [0.15, 0.2) is 0 Å². The van der Waals surface area contributed by atoms with Crippen molar-refractivity contribution in [3.8, 4) is 0 Å². The number of nitrogens with two attached hydrogens (primary N) is 1. The van der Waals surface area contributed by atoms with Gasteiger partial charge in [-0.15, -0.1) is 0 Å². The van der Waals surface area contributed by atoms with Gasteiger partial charge in [-0.25, -0.2) is 0 Å². The fraction of sp³-hybridized carbons (Fsp3) is 0.929. The van der Waals surface area contributed by atoms with E-state index in [2.05, 4.69) is 4.90 Å². The quantitative estimate of drug-likeness (QED) is 0.828. The van der Waals surface area contributed by atoms with E-state index in [0.29, 0.717) is 17.7 Å². The molecule has 4 nitrogen and oxygen atoms in total. The van der Waals surface area contributed by atoms with E-state index in [1.165, 1.54) is 0 Å². The molecule has 104 valence electrons. The van der Waals surface area contributed by atoms with Gasteiger partial charge in [-0.1, -0.05) is 0 Å². The van der Waals surface area contributed by atoms with Crippen LogP contribution in [0.5, 0.6) is 0 Å². The summed E-state index contributed by atoms with van der Waals surface area (Å²) < 4.78 is 5.43. The van der Waals surface area contributed by atoms with E-state index in [9.17, 15) is 4.79 Å². The van der Waals surface area contributed by atoms with E-state index in [1.54, 1.807) is 0 Å². The molecule has 1 unspecified atom stereocenters. The molecule has 1 spiro atoms. The summed E-state index contributed by atoms with van der Waals surface area (Å²) in [6.07, 6.45) is 5.93. The summed E-state index contributed by atoms with van der Waals surface area (Å²) in [6.45, 7) is 5.63. The van der Waals surface area contributed by atoms with Crippen molar-refractivity contribution in [1.29, 1.82) is 0 Å². The van der Waals surface area contributed by atoms with E-state index >= 15 is 0 Å². The van der Waals surface area contributed by atoms with Crippen molar-refractivity contribution in [2.45, 2.75) is 51.5 Å². The molecule has 0 aromatic carbocycles. The number of hydrogen-bond acceptors (Lipinski definition) is 3. The van der Waals surface area contributed by atoms with Gasteiger partial charge in [-0.2, -0.15) is 0 Å². The lowest BCUT2D eigenvalue weighted by Gasteiger charge is -2.33. The predicted molar refractivity (Wildman–Crippen MR) is 71.2 cm³/mol. The zero-order valence-corrected chi connectivity index (χ0v) is 11.5. The summed E-state index contributed by atoms with van der Waals surface area (Å²) in [6, 6.07) is 0.207. The highest BCUT2D eigenvalue weighted by Gasteiger charge is 2.40. The number of nitrogens with zero attached hydrogens (tertiary/aromatic N) is 1. The molecule has 0 saturated carbocycles. The maximum Gasteiger partial charge on any atom is 0.222 e. The second kappa shape index (κ2) is 6.02. The topological polar surface area (TPSA) is 55.6 Å². The van der Waals surface area contributed by atoms with Crippen LogP contribution in [0.25, 0.3) is 0 Å². The van der Waals surface area contributed by atoms with Crippen molar-refractivity contribution < 1.29 is 9.53 Å². The first-order chi connectivity index (χ1) is 8.61. The van der Waals surface area contributed by atoms with Crippen molar-refractivity contribution in [2.24, 2.45) is 11.1 Å². The molecule has 18 heavy (non-hydrogen) atoms. The predicted octanol–water partition coefficient (Wildman–Crippen LogP) is 1.53. The summed E-state index contributed by atoms with van der Waals surface area (Å²) in [5.74, 6) is 0.319. The Morgan fingerprint density at radius 2 is 2.11 bits per heavy atom. The first kappa shape index (κ1) is 13.8. The Hall–Kier alpha value is -0.610. The first-order valence-corrected chi connectivity index (χ1v) is 7.22. The minimum Gasteiger partial charge on any atom is -0.381 e. The van der Waals surface area contributed by atoms with Gasteiger partial charge in [0.2, 0.25) is 5.91 Å². The molecule has 2 aliphatic heterocycles. The average Bonchev–Trinajstić information content (AvgIpc) is 2.73. The zero-order valence-electron chi connectivity index (χ0n) is 11.5. The van der Waals surface area contributed by atoms with Gasteiger partial charge in [0, 0.05) is 38.8 Å². The van der Waals surface area contributed by atoms with Crippen molar-refractivity contribution in [3.05, 3.63) is 0 Å². The Bertz CT molecular complexity index is 286. The number of amides is 1. The Labute approximate surface area is 110 Å². The summed E-state index contributed by atoms with van der Waals surface area (Å²) >= 11 is 0. The van der Waals surface area contributed by atoms with Gasteiger partial charge in [-0.3, -0.25) is 4.79 Å². The Kier molecular flexibility index (Phi) is 4.62. The maximum absolute atomic E-state index is 12.1. The van der Waals surface area contributed by atoms with E-state index in [4.69, 9.17) is 10.5 Å². The van der Waals surface area contributed by atoms with Gasteiger partial charge in [0.1, 0.15) is 0 Å². The normalized spacial score (nSPS) is 24.4. The van der Waals surface area contributed by atoms with Crippen molar-refractivity contribution in [2.75, 3.05) is 26.3 Å². The minimum atomic E-state index is 0.207. The highest BCUT2D eigenvalue weighted by Crippen LogP contribution is 2.39. The zero-order chi connectivity index (χ0) is 13.0. The Morgan fingerprint density at radius 3 is 2.78 bits per heavy atom. The second-order valence-corrected chi connectivity index (χ2v) is 6.05. The molecule has 2 N–H and O–H groups in total. The molecule has 0 radical (unpaired) electrons. The highest BCUT2D eigenvalue weighted by atomic mass is 16.5. The van der Waals surface area contributed by atoms with Gasteiger partial charge in [0.25, 0.3) is 0 Å². The lowest BCUT2D eigenvalue weighted by Crippen LogP contribution is -2.35. The molecule has 4 heteroatoms. The first-order valence-electron chi connectivity index (χ1n) is 7.22. The number of rotatable bonds is 4. The van der Waals surface area contributed by atoms with Gasteiger partial charge >= 0.3 is 0 Å². The van der Waals surface area contributed by atoms with Gasteiger partial charge in [0.05, 0.1) is 0 Å². The van der Waals surface area contributed by atoms with Crippen LogP contribution in [0.15, 0.2) is 0 Å². The number of carbonyl (C=O) groups is 1. The van der Waals surface area contributed by atoms with E-state index in [1.807, 2.05) is 6.92 Å². The van der Waals surface area contributed by atoms with Crippen LogP contribution >= 0.6 is 0 Å². The van der Waals surface area contributed by atoms with Gasteiger partial charge < -0.3 is 15.4 Å². The lowest BCUT2D eigenvalue weighted by molar-refractivity contribution is -0.131. The van der Waals surface area contributed by atoms with E-state index in [0.717, 1.165) is 58.4 Å². The van der Waals surface area contributed by atoms with E-state index in [-0.39, 0.29) is 6.04 Å². The van der Waals surface area contributed by atoms with Crippen LogP contribution in [-0.4, -0.2) is 43.2 Å². The van der Waals surface area contributed by atoms with E-state index < -0.39 is 0 Å². The van der Waals surface area contributed by atoms with Crippen LogP contribution in [0.4, 0.5) is 0 Å². The van der Waals surface area contributed by atoms with Crippen molar-refractivity contribution in [3.63, 3.8) is 0 Å². The molecule has 1 atom stereocenters. The third kappa shape index (κ3) is 3.45. The summed E-state index contributed by atoms with van der Waals surface area (Å²) in [5.41, 5.74) is 6.08. The fourth-order valence-electron chi connectivity index (χ4n) is 3.09. The standard InChI is InChI=1S/C14H26N2O2/c1-12(15)3-2-4-13(17)16-8-5-14(11-16)6-9-18-10-7-14/h12H,2-11,15H2,1H3. The molecule has 2 aliphatic rings. The van der Waals surface area contributed by atoms with Crippen LogP contribution in [0.3, 0.4) is 0 Å². The number of hydrogen-bond donors (Lipinski definition) is 1. The molecule has 0 aliphatic carbocycles. The lowest BCUT2D eigenvalue weighted by atomic mass is 9.80. The number of carbonyl (C=O) groups excluding carboxylic acids is 1. The summed E-state index contributed by atoms with van der Waals surface area (Å²) in [5, 5.41) is 0. The molecule has 2 rings (SSSR count). The molecular formula is C14H26N2O2. The largest absolute Gasteiger partial charge is 0.381 e. The molecule has 0 bridgehead atoms. The molecule has 0 aromatic heterocycles. The molecule has 2 heterocycles. The average molecular weight is 254 g/mol. The maximum atomic E-state index is 12.1.